The van der Waals surface area contributed by atoms with Gasteiger partial charge in [0.25, 0.3) is 0 Å². The molecule has 0 atom stereocenters. The van der Waals surface area contributed by atoms with E-state index in [2.05, 4.69) is 59.9 Å². The van der Waals surface area contributed by atoms with E-state index < -0.39 is 0 Å². The molecule has 0 saturated carbocycles. The van der Waals surface area contributed by atoms with E-state index in [0.29, 0.717) is 0 Å². The molecule has 0 saturated heterocycles. The Morgan fingerprint density at radius 3 is 2.52 bits per heavy atom. The minimum atomic E-state index is 0.854. The number of para-hydroxylation sites is 1. The van der Waals surface area contributed by atoms with Crippen LogP contribution in [0.15, 0.2) is 67.0 Å². The van der Waals surface area contributed by atoms with E-state index in [1.807, 2.05) is 29.1 Å². The van der Waals surface area contributed by atoms with Gasteiger partial charge in [-0.25, -0.2) is 4.68 Å². The summed E-state index contributed by atoms with van der Waals surface area (Å²) in [6, 6.07) is 18.7. The predicted octanol–water partition coefficient (Wildman–Crippen LogP) is 3.65. The molecule has 1 N–H and O–H groups in total. The lowest BCUT2D eigenvalue weighted by atomic mass is 10.1. The Morgan fingerprint density at radius 2 is 1.71 bits per heavy atom. The first-order valence-corrected chi connectivity index (χ1v) is 7.27. The van der Waals surface area contributed by atoms with Crippen molar-refractivity contribution in [3.8, 4) is 16.8 Å². The second-order valence-electron chi connectivity index (χ2n) is 4.95. The van der Waals surface area contributed by atoms with Crippen molar-refractivity contribution >= 4 is 0 Å². The quantitative estimate of drug-likeness (QED) is 0.771. The number of benzene rings is 2. The summed E-state index contributed by atoms with van der Waals surface area (Å²) >= 11 is 0. The largest absolute Gasteiger partial charge is 0.313 e. The number of hydrogen-bond acceptors (Lipinski definition) is 2. The molecule has 3 aromatic rings. The van der Waals surface area contributed by atoms with Crippen molar-refractivity contribution in [3.63, 3.8) is 0 Å². The second kappa shape index (κ2) is 6.37. The molecule has 0 amide bonds. The summed E-state index contributed by atoms with van der Waals surface area (Å²) in [4.78, 5) is 0. The number of nitrogens with one attached hydrogen (secondary N) is 1. The van der Waals surface area contributed by atoms with E-state index >= 15 is 0 Å². The fourth-order valence-corrected chi connectivity index (χ4v) is 2.38. The van der Waals surface area contributed by atoms with E-state index in [1.165, 1.54) is 11.1 Å². The van der Waals surface area contributed by atoms with Gasteiger partial charge < -0.3 is 5.32 Å². The molecule has 0 fully saturated rings. The smallest absolute Gasteiger partial charge is 0.0690 e. The molecule has 0 unspecified atom stereocenters. The highest BCUT2D eigenvalue weighted by molar-refractivity contribution is 5.62. The molecule has 1 heterocycles. The first-order chi connectivity index (χ1) is 10.4. The molecule has 0 aliphatic carbocycles. The van der Waals surface area contributed by atoms with Gasteiger partial charge in [0.15, 0.2) is 0 Å². The van der Waals surface area contributed by atoms with E-state index in [-0.39, 0.29) is 0 Å². The summed E-state index contributed by atoms with van der Waals surface area (Å²) in [5, 5.41) is 7.89. The molecule has 21 heavy (non-hydrogen) atoms. The van der Waals surface area contributed by atoms with Gasteiger partial charge in [0.1, 0.15) is 0 Å². The zero-order chi connectivity index (χ0) is 14.5. The van der Waals surface area contributed by atoms with Crippen LogP contribution in [-0.4, -0.2) is 16.3 Å². The van der Waals surface area contributed by atoms with Gasteiger partial charge in [-0.2, -0.15) is 5.10 Å². The number of hydrogen-bond donors (Lipinski definition) is 1. The van der Waals surface area contributed by atoms with E-state index in [0.717, 1.165) is 24.3 Å². The Kier molecular flexibility index (Phi) is 4.12. The van der Waals surface area contributed by atoms with Crippen molar-refractivity contribution < 1.29 is 0 Å². The van der Waals surface area contributed by atoms with Gasteiger partial charge >= 0.3 is 0 Å². The van der Waals surface area contributed by atoms with Gasteiger partial charge in [0.2, 0.25) is 0 Å². The first-order valence-electron chi connectivity index (χ1n) is 7.27. The van der Waals surface area contributed by atoms with Gasteiger partial charge in [-0.3, -0.25) is 0 Å². The van der Waals surface area contributed by atoms with E-state index in [1.54, 1.807) is 0 Å². The SMILES string of the molecule is CCNCc1ccccc1-n1cc(-c2ccccc2)cn1. The van der Waals surface area contributed by atoms with Crippen molar-refractivity contribution in [1.29, 1.82) is 0 Å². The Hall–Kier alpha value is -2.39. The van der Waals surface area contributed by atoms with Crippen LogP contribution in [0.5, 0.6) is 0 Å². The topological polar surface area (TPSA) is 29.9 Å². The molecule has 0 spiro atoms. The van der Waals surface area contributed by atoms with Crippen molar-refractivity contribution in [2.75, 3.05) is 6.54 Å². The van der Waals surface area contributed by atoms with Crippen LogP contribution < -0.4 is 5.32 Å². The maximum Gasteiger partial charge on any atom is 0.0690 e. The molecular weight excluding hydrogens is 258 g/mol. The zero-order valence-corrected chi connectivity index (χ0v) is 12.2. The average molecular weight is 277 g/mol. The molecule has 0 aliphatic rings. The van der Waals surface area contributed by atoms with Crippen molar-refractivity contribution in [2.24, 2.45) is 0 Å². The number of nitrogens with zero attached hydrogens (tertiary/aromatic N) is 2. The van der Waals surface area contributed by atoms with Crippen LogP contribution in [0.3, 0.4) is 0 Å². The van der Waals surface area contributed by atoms with E-state index in [4.69, 9.17) is 0 Å². The lowest BCUT2D eigenvalue weighted by molar-refractivity contribution is 0.717. The Morgan fingerprint density at radius 1 is 0.952 bits per heavy atom. The highest BCUT2D eigenvalue weighted by atomic mass is 15.3. The van der Waals surface area contributed by atoms with Crippen LogP contribution in [0.1, 0.15) is 12.5 Å². The first kappa shape index (κ1) is 13.6. The average Bonchev–Trinajstić information content (AvgIpc) is 3.04. The fourth-order valence-electron chi connectivity index (χ4n) is 2.38. The third-order valence-electron chi connectivity index (χ3n) is 3.49. The minimum Gasteiger partial charge on any atom is -0.313 e. The normalized spacial score (nSPS) is 10.7. The minimum absolute atomic E-state index is 0.854. The zero-order valence-electron chi connectivity index (χ0n) is 12.2. The molecule has 1 aromatic heterocycles. The van der Waals surface area contributed by atoms with Gasteiger partial charge in [-0.15, -0.1) is 0 Å². The van der Waals surface area contributed by atoms with Gasteiger partial charge in [0.05, 0.1) is 11.9 Å². The number of aromatic nitrogens is 2. The van der Waals surface area contributed by atoms with Gasteiger partial charge in [0, 0.05) is 18.3 Å². The van der Waals surface area contributed by atoms with Crippen LogP contribution in [0.25, 0.3) is 16.8 Å². The van der Waals surface area contributed by atoms with Crippen molar-refractivity contribution in [2.45, 2.75) is 13.5 Å². The third-order valence-corrected chi connectivity index (χ3v) is 3.49. The summed E-state index contributed by atoms with van der Waals surface area (Å²) in [6.07, 6.45) is 4.00. The van der Waals surface area contributed by atoms with Gasteiger partial charge in [-0.05, 0) is 23.7 Å². The fraction of sp³-hybridized carbons (Fsp3) is 0.167. The van der Waals surface area contributed by atoms with Crippen LogP contribution in [0.4, 0.5) is 0 Å². The lowest BCUT2D eigenvalue weighted by Gasteiger charge is -2.09. The second-order valence-corrected chi connectivity index (χ2v) is 4.95. The molecule has 0 radical (unpaired) electrons. The summed E-state index contributed by atoms with van der Waals surface area (Å²) in [5.74, 6) is 0. The lowest BCUT2D eigenvalue weighted by Crippen LogP contribution is -2.13. The monoisotopic (exact) mass is 277 g/mol. The highest BCUT2D eigenvalue weighted by Gasteiger charge is 2.06. The molecule has 106 valence electrons. The van der Waals surface area contributed by atoms with Crippen LogP contribution in [0.2, 0.25) is 0 Å². The molecule has 3 rings (SSSR count). The number of rotatable bonds is 5. The summed E-state index contributed by atoms with van der Waals surface area (Å²) in [5.41, 5.74) is 4.70. The van der Waals surface area contributed by atoms with E-state index in [9.17, 15) is 0 Å². The summed E-state index contributed by atoms with van der Waals surface area (Å²) < 4.78 is 1.95. The maximum absolute atomic E-state index is 4.52. The Bertz CT molecular complexity index is 701. The Balaban J connectivity index is 1.93. The maximum atomic E-state index is 4.52. The van der Waals surface area contributed by atoms with Crippen LogP contribution in [0, 0.1) is 0 Å². The van der Waals surface area contributed by atoms with Crippen molar-refractivity contribution in [3.05, 3.63) is 72.6 Å². The molecule has 3 nitrogen and oxygen atoms in total. The molecular formula is C18H19N3. The van der Waals surface area contributed by atoms with Crippen LogP contribution >= 0.6 is 0 Å². The molecule has 0 bridgehead atoms. The Labute approximate surface area is 125 Å². The van der Waals surface area contributed by atoms with Crippen molar-refractivity contribution in [1.82, 2.24) is 15.1 Å². The molecule has 3 heteroatoms. The van der Waals surface area contributed by atoms with Gasteiger partial charge in [-0.1, -0.05) is 55.5 Å². The molecule has 2 aromatic carbocycles. The predicted molar refractivity (Wildman–Crippen MR) is 86.4 cm³/mol. The summed E-state index contributed by atoms with van der Waals surface area (Å²) in [7, 11) is 0. The standard InChI is InChI=1S/C18H19N3/c1-2-19-12-16-10-6-7-11-18(16)21-14-17(13-20-21)15-8-4-3-5-9-15/h3-11,13-14,19H,2,12H2,1H3. The molecule has 0 aliphatic heterocycles. The summed E-state index contributed by atoms with van der Waals surface area (Å²) in [6.45, 7) is 3.93. The highest BCUT2D eigenvalue weighted by Crippen LogP contribution is 2.21. The third kappa shape index (κ3) is 3.03. The van der Waals surface area contributed by atoms with Crippen LogP contribution in [-0.2, 0) is 6.54 Å².